The second kappa shape index (κ2) is 16.3. The molecule has 0 fully saturated rings. The van der Waals surface area contributed by atoms with Crippen LogP contribution in [0.1, 0.15) is 66.4 Å². The number of nitrogens with one attached hydrogen (secondary N) is 2. The molecule has 51 heavy (non-hydrogen) atoms. The smallest absolute Gasteiger partial charge is 0.263 e. The Morgan fingerprint density at radius 3 is 2.29 bits per heavy atom. The van der Waals surface area contributed by atoms with E-state index in [1.807, 2.05) is 35.8 Å². The molecule has 268 valence electrons. The van der Waals surface area contributed by atoms with Gasteiger partial charge in [0.2, 0.25) is 5.91 Å². The molecule has 0 saturated carbocycles. The number of imide groups is 1. The summed E-state index contributed by atoms with van der Waals surface area (Å²) in [6.45, 7) is 9.20. The summed E-state index contributed by atoms with van der Waals surface area (Å²) in [7, 11) is 1.48. The number of thiophene rings is 1. The van der Waals surface area contributed by atoms with Crippen molar-refractivity contribution in [1.82, 2.24) is 25.0 Å². The first-order chi connectivity index (χ1) is 24.7. The number of carbonyl (C=O) groups is 3. The fourth-order valence-electron chi connectivity index (χ4n) is 5.99. The molecule has 2 N–H and O–H groups in total. The molecule has 0 spiro atoms. The number of carbonyl (C=O) groups excluding carboxylic acids is 3. The lowest BCUT2D eigenvalue weighted by Crippen LogP contribution is -2.29. The minimum Gasteiger partial charge on any atom is -0.382 e. The molecule has 0 bridgehead atoms. The second-order valence-electron chi connectivity index (χ2n) is 12.1. The summed E-state index contributed by atoms with van der Waals surface area (Å²) in [5.74, 6) is 0.595. The summed E-state index contributed by atoms with van der Waals surface area (Å²) in [6, 6.07) is 12.2. The lowest BCUT2D eigenvalue weighted by molar-refractivity contribution is -0.121. The zero-order valence-corrected chi connectivity index (χ0v) is 30.5. The molecular formula is C36H40ClN7O6S. The number of halogens is 1. The average molecular weight is 734 g/mol. The number of hydrogen-bond acceptors (Lipinski definition) is 11. The Bertz CT molecular complexity index is 1960. The molecule has 4 heterocycles. The van der Waals surface area contributed by atoms with E-state index in [0.29, 0.717) is 80.4 Å². The number of benzene rings is 2. The Morgan fingerprint density at radius 1 is 0.882 bits per heavy atom. The first-order valence-corrected chi connectivity index (χ1v) is 17.9. The van der Waals surface area contributed by atoms with Crippen LogP contribution in [0.2, 0.25) is 5.02 Å². The van der Waals surface area contributed by atoms with Crippen molar-refractivity contribution < 1.29 is 28.6 Å². The highest BCUT2D eigenvalue weighted by Crippen LogP contribution is 2.39. The van der Waals surface area contributed by atoms with Crippen molar-refractivity contribution in [2.75, 3.05) is 65.1 Å². The van der Waals surface area contributed by atoms with Gasteiger partial charge in [0.1, 0.15) is 16.9 Å². The van der Waals surface area contributed by atoms with Crippen molar-refractivity contribution in [3.8, 4) is 5.00 Å². The van der Waals surface area contributed by atoms with Gasteiger partial charge in [0.25, 0.3) is 11.8 Å². The molecule has 0 unspecified atom stereocenters. The highest BCUT2D eigenvalue weighted by atomic mass is 35.5. The van der Waals surface area contributed by atoms with Gasteiger partial charge in [-0.15, -0.1) is 21.5 Å². The standard InChI is InChI=1S/C36H40ClN7O6S/c1-21-22(2)51-36-30(21)32(24-8-10-25(37)11-9-24)40-28(33-42-41-23(3)44(33)36)20-29(45)39-13-15-49-17-19-50-18-16-48-14-12-38-27-7-5-6-26-31(27)35(47)43(4)34(26)46/h5-11,28,38H,12-20H2,1-4H3,(H,39,45)/t28-/m0/s1. The Balaban J connectivity index is 0.903. The van der Waals surface area contributed by atoms with Gasteiger partial charge in [-0.05, 0) is 50.6 Å². The van der Waals surface area contributed by atoms with Crippen LogP contribution in [0.5, 0.6) is 0 Å². The van der Waals surface area contributed by atoms with Gasteiger partial charge in [-0.25, -0.2) is 0 Å². The molecule has 2 aliphatic heterocycles. The van der Waals surface area contributed by atoms with Gasteiger partial charge < -0.3 is 24.8 Å². The molecule has 4 aromatic rings. The van der Waals surface area contributed by atoms with Crippen LogP contribution >= 0.6 is 22.9 Å². The summed E-state index contributed by atoms with van der Waals surface area (Å²) in [6.07, 6.45) is 0.101. The molecule has 15 heteroatoms. The largest absolute Gasteiger partial charge is 0.382 e. The van der Waals surface area contributed by atoms with Crippen molar-refractivity contribution in [3.63, 3.8) is 0 Å². The highest BCUT2D eigenvalue weighted by Gasteiger charge is 2.35. The number of anilines is 1. The van der Waals surface area contributed by atoms with Crippen molar-refractivity contribution in [2.45, 2.75) is 33.2 Å². The number of nitrogens with zero attached hydrogens (tertiary/aromatic N) is 5. The van der Waals surface area contributed by atoms with Crippen LogP contribution in [0.4, 0.5) is 5.69 Å². The predicted molar refractivity (Wildman–Crippen MR) is 195 cm³/mol. The topological polar surface area (TPSA) is 149 Å². The summed E-state index contributed by atoms with van der Waals surface area (Å²) >= 11 is 7.87. The average Bonchev–Trinajstić information content (AvgIpc) is 3.68. The molecule has 13 nitrogen and oxygen atoms in total. The van der Waals surface area contributed by atoms with Crippen LogP contribution < -0.4 is 10.6 Å². The highest BCUT2D eigenvalue weighted by molar-refractivity contribution is 7.15. The number of aliphatic imine (C=N–C) groups is 1. The van der Waals surface area contributed by atoms with Gasteiger partial charge in [-0.1, -0.05) is 29.8 Å². The van der Waals surface area contributed by atoms with Crippen molar-refractivity contribution >= 4 is 52.1 Å². The van der Waals surface area contributed by atoms with Crippen LogP contribution in [0, 0.1) is 20.8 Å². The molecule has 0 aliphatic carbocycles. The maximum absolute atomic E-state index is 13.1. The summed E-state index contributed by atoms with van der Waals surface area (Å²) in [5.41, 5.74) is 5.29. The number of hydrogen-bond donors (Lipinski definition) is 2. The first-order valence-electron chi connectivity index (χ1n) is 16.7. The monoisotopic (exact) mass is 733 g/mol. The third kappa shape index (κ3) is 7.90. The van der Waals surface area contributed by atoms with E-state index >= 15 is 0 Å². The fourth-order valence-corrected chi connectivity index (χ4v) is 7.33. The minimum absolute atomic E-state index is 0.101. The molecule has 2 aromatic carbocycles. The predicted octanol–water partition coefficient (Wildman–Crippen LogP) is 4.69. The van der Waals surface area contributed by atoms with E-state index in [9.17, 15) is 14.4 Å². The van der Waals surface area contributed by atoms with Gasteiger partial charge in [0.15, 0.2) is 5.82 Å². The Kier molecular flexibility index (Phi) is 11.6. The van der Waals surface area contributed by atoms with E-state index < -0.39 is 6.04 Å². The molecule has 0 radical (unpaired) electrons. The van der Waals surface area contributed by atoms with Gasteiger partial charge >= 0.3 is 0 Å². The quantitative estimate of drug-likeness (QED) is 0.124. The van der Waals surface area contributed by atoms with Crippen molar-refractivity contribution in [3.05, 3.63) is 91.8 Å². The third-order valence-electron chi connectivity index (χ3n) is 8.73. The molecular weight excluding hydrogens is 694 g/mol. The van der Waals surface area contributed by atoms with Crippen LogP contribution in [0.15, 0.2) is 47.5 Å². The summed E-state index contributed by atoms with van der Waals surface area (Å²) in [5, 5.41) is 16.6. The molecule has 1 atom stereocenters. The molecule has 3 amide bonds. The Morgan fingerprint density at radius 2 is 1.57 bits per heavy atom. The Hall–Kier alpha value is -4.47. The third-order valence-corrected chi connectivity index (χ3v) is 10.2. The normalized spacial score (nSPS) is 15.0. The van der Waals surface area contributed by atoms with E-state index in [0.717, 1.165) is 38.1 Å². The minimum atomic E-state index is -0.542. The van der Waals surface area contributed by atoms with Crippen LogP contribution in [0.25, 0.3) is 5.00 Å². The van der Waals surface area contributed by atoms with E-state index in [-0.39, 0.29) is 24.1 Å². The van der Waals surface area contributed by atoms with Crippen molar-refractivity contribution in [1.29, 1.82) is 0 Å². The van der Waals surface area contributed by atoms with Gasteiger partial charge in [0, 0.05) is 46.9 Å². The number of amides is 3. The maximum atomic E-state index is 13.1. The number of ether oxygens (including phenoxy) is 3. The van der Waals surface area contributed by atoms with E-state index in [2.05, 4.69) is 34.7 Å². The first kappa shape index (κ1) is 36.3. The molecule has 2 aromatic heterocycles. The summed E-state index contributed by atoms with van der Waals surface area (Å²) in [4.78, 5) is 45.1. The molecule has 2 aliphatic rings. The second-order valence-corrected chi connectivity index (χ2v) is 13.8. The number of fused-ring (bicyclic) bond motifs is 4. The van der Waals surface area contributed by atoms with Crippen molar-refractivity contribution in [2.24, 2.45) is 4.99 Å². The summed E-state index contributed by atoms with van der Waals surface area (Å²) < 4.78 is 18.9. The number of aryl methyl sites for hydroxylation is 2. The number of aromatic nitrogens is 3. The van der Waals surface area contributed by atoms with Crippen LogP contribution in [-0.4, -0.2) is 103 Å². The van der Waals surface area contributed by atoms with E-state index in [1.165, 1.54) is 11.9 Å². The van der Waals surface area contributed by atoms with E-state index in [4.69, 9.17) is 30.8 Å². The number of rotatable bonds is 16. The maximum Gasteiger partial charge on any atom is 0.263 e. The van der Waals surface area contributed by atoms with Gasteiger partial charge in [-0.3, -0.25) is 28.8 Å². The Labute approximate surface area is 305 Å². The molecule has 6 rings (SSSR count). The fraction of sp³-hybridized carbons (Fsp3) is 0.389. The lowest BCUT2D eigenvalue weighted by Gasteiger charge is -2.13. The van der Waals surface area contributed by atoms with E-state index in [1.54, 1.807) is 29.5 Å². The zero-order chi connectivity index (χ0) is 36.1. The SMILES string of the molecule is Cc1sc2c(c1C)C(c1ccc(Cl)cc1)=N[C@@H](CC(=O)NCCOCCOCCOCCNc1cccc3c1C(=O)N(C)C3=O)c1nnc(C)n1-2. The van der Waals surface area contributed by atoms with Gasteiger partial charge in [0.05, 0.1) is 62.9 Å². The van der Waals surface area contributed by atoms with Crippen LogP contribution in [-0.2, 0) is 19.0 Å². The van der Waals surface area contributed by atoms with Gasteiger partial charge in [-0.2, -0.15) is 0 Å². The van der Waals surface area contributed by atoms with Crippen LogP contribution in [0.3, 0.4) is 0 Å². The lowest BCUT2D eigenvalue weighted by atomic mass is 9.99. The zero-order valence-electron chi connectivity index (χ0n) is 29.0. The molecule has 0 saturated heterocycles.